The molecule has 0 unspecified atom stereocenters. The number of aromatic nitrogens is 3. The lowest BCUT2D eigenvalue weighted by molar-refractivity contribution is 0.0690. The number of methoxy groups -OCH3 is 1. The van der Waals surface area contributed by atoms with Gasteiger partial charge in [-0.2, -0.15) is 5.10 Å². The molecule has 0 spiro atoms. The summed E-state index contributed by atoms with van der Waals surface area (Å²) in [5.41, 5.74) is 3.10. The van der Waals surface area contributed by atoms with Gasteiger partial charge in [-0.3, -0.25) is 4.79 Å². The summed E-state index contributed by atoms with van der Waals surface area (Å²) in [6, 6.07) is 7.01. The van der Waals surface area contributed by atoms with Crippen molar-refractivity contribution in [3.63, 3.8) is 0 Å². The number of carbonyl (C=O) groups is 2. The lowest BCUT2D eigenvalue weighted by Crippen LogP contribution is -2.09. The van der Waals surface area contributed by atoms with Crippen LogP contribution in [-0.2, 0) is 0 Å². The normalized spacial score (nSPS) is 11.1. The van der Waals surface area contributed by atoms with E-state index in [1.807, 2.05) is 32.9 Å². The average Bonchev–Trinajstić information content (AvgIpc) is 2.98. The number of aryl methyl sites for hydroxylation is 1. The van der Waals surface area contributed by atoms with Crippen molar-refractivity contribution in [3.05, 3.63) is 46.9 Å². The molecule has 0 aliphatic rings. The molecule has 0 atom stereocenters. The van der Waals surface area contributed by atoms with E-state index in [4.69, 9.17) is 4.74 Å². The van der Waals surface area contributed by atoms with Crippen molar-refractivity contribution in [1.29, 1.82) is 0 Å². The topological polar surface area (TPSA) is 93.8 Å². The standard InChI is InChI=1S/C19H19N3O4/c1-10(2)14-8-12(19(24)25)20-18-17(13(9-23)21-22(14)18)16-11(3)6-5-7-15(16)26-4/h5-10H,1-4H3,(H,24,25). The number of rotatable bonds is 5. The van der Waals surface area contributed by atoms with Gasteiger partial charge in [-0.15, -0.1) is 0 Å². The highest BCUT2D eigenvalue weighted by Gasteiger charge is 2.24. The summed E-state index contributed by atoms with van der Waals surface area (Å²) in [5.74, 6) is -0.577. The molecule has 3 rings (SSSR count). The zero-order chi connectivity index (χ0) is 19.0. The summed E-state index contributed by atoms with van der Waals surface area (Å²) >= 11 is 0. The minimum absolute atomic E-state index is 0.00961. The Morgan fingerprint density at radius 3 is 2.62 bits per heavy atom. The number of aldehydes is 1. The number of carboxylic acids is 1. The van der Waals surface area contributed by atoms with Crippen molar-refractivity contribution in [1.82, 2.24) is 14.6 Å². The fraction of sp³-hybridized carbons (Fsp3) is 0.263. The van der Waals surface area contributed by atoms with Crippen LogP contribution < -0.4 is 4.74 Å². The third-order valence-corrected chi connectivity index (χ3v) is 4.27. The van der Waals surface area contributed by atoms with Crippen molar-refractivity contribution in [2.45, 2.75) is 26.7 Å². The molecule has 7 nitrogen and oxygen atoms in total. The molecule has 0 radical (unpaired) electrons. The Morgan fingerprint density at radius 2 is 2.04 bits per heavy atom. The summed E-state index contributed by atoms with van der Waals surface area (Å²) in [7, 11) is 1.54. The van der Waals surface area contributed by atoms with E-state index in [0.717, 1.165) is 5.56 Å². The highest BCUT2D eigenvalue weighted by molar-refractivity contribution is 5.96. The molecular weight excluding hydrogens is 334 g/mol. The number of ether oxygens (including phenoxy) is 1. The predicted molar refractivity (Wildman–Crippen MR) is 96.1 cm³/mol. The van der Waals surface area contributed by atoms with E-state index >= 15 is 0 Å². The Kier molecular flexibility index (Phi) is 4.46. The minimum Gasteiger partial charge on any atom is -0.496 e. The van der Waals surface area contributed by atoms with Gasteiger partial charge in [0.25, 0.3) is 0 Å². The van der Waals surface area contributed by atoms with Crippen LogP contribution in [0.3, 0.4) is 0 Å². The van der Waals surface area contributed by atoms with Crippen molar-refractivity contribution in [2.75, 3.05) is 7.11 Å². The second-order valence-electron chi connectivity index (χ2n) is 6.29. The molecule has 7 heteroatoms. The molecule has 1 aromatic carbocycles. The molecule has 1 N–H and O–H groups in total. The molecule has 0 bridgehead atoms. The molecule has 3 aromatic rings. The van der Waals surface area contributed by atoms with Crippen LogP contribution in [0, 0.1) is 6.92 Å². The zero-order valence-electron chi connectivity index (χ0n) is 15.0. The van der Waals surface area contributed by atoms with Gasteiger partial charge in [0.15, 0.2) is 17.6 Å². The molecule has 0 amide bonds. The molecule has 2 aromatic heterocycles. The van der Waals surface area contributed by atoms with E-state index in [2.05, 4.69) is 10.1 Å². The van der Waals surface area contributed by atoms with E-state index in [0.29, 0.717) is 34.5 Å². The summed E-state index contributed by atoms with van der Waals surface area (Å²) in [4.78, 5) is 27.5. The van der Waals surface area contributed by atoms with E-state index < -0.39 is 5.97 Å². The molecule has 2 heterocycles. The Hall–Kier alpha value is -3.22. The first kappa shape index (κ1) is 17.6. The Labute approximate surface area is 150 Å². The second kappa shape index (κ2) is 6.59. The van der Waals surface area contributed by atoms with Crippen molar-refractivity contribution >= 4 is 17.9 Å². The van der Waals surface area contributed by atoms with Gasteiger partial charge in [0.05, 0.1) is 12.7 Å². The molecule has 0 aliphatic heterocycles. The Morgan fingerprint density at radius 1 is 1.31 bits per heavy atom. The van der Waals surface area contributed by atoms with E-state index in [1.54, 1.807) is 17.7 Å². The molecule has 0 saturated heterocycles. The average molecular weight is 353 g/mol. The summed E-state index contributed by atoms with van der Waals surface area (Å²) < 4.78 is 7.00. The molecule has 0 aliphatic carbocycles. The van der Waals surface area contributed by atoms with Gasteiger partial charge in [-0.25, -0.2) is 14.3 Å². The van der Waals surface area contributed by atoms with E-state index in [1.165, 1.54) is 6.07 Å². The minimum atomic E-state index is -1.13. The fourth-order valence-corrected chi connectivity index (χ4v) is 3.03. The fourth-order valence-electron chi connectivity index (χ4n) is 3.03. The first-order valence-corrected chi connectivity index (χ1v) is 8.15. The number of nitrogens with zero attached hydrogens (tertiary/aromatic N) is 3. The number of aromatic carboxylic acids is 1. The first-order chi connectivity index (χ1) is 12.4. The second-order valence-corrected chi connectivity index (χ2v) is 6.29. The number of fused-ring (bicyclic) bond motifs is 1. The number of carbonyl (C=O) groups excluding carboxylic acids is 1. The summed E-state index contributed by atoms with van der Waals surface area (Å²) in [6.45, 7) is 5.74. The maximum Gasteiger partial charge on any atom is 0.354 e. The maximum absolute atomic E-state index is 11.7. The van der Waals surface area contributed by atoms with Crippen molar-refractivity contribution in [2.24, 2.45) is 0 Å². The van der Waals surface area contributed by atoms with Gasteiger partial charge in [0, 0.05) is 11.3 Å². The van der Waals surface area contributed by atoms with E-state index in [9.17, 15) is 14.7 Å². The van der Waals surface area contributed by atoms with Crippen LogP contribution in [-0.4, -0.2) is 39.1 Å². The molecular formula is C19H19N3O4. The SMILES string of the molecule is COc1cccc(C)c1-c1c(C=O)nn2c(C(C)C)cc(C(=O)O)nc12. The third kappa shape index (κ3) is 2.71. The van der Waals surface area contributed by atoms with Gasteiger partial charge in [-0.1, -0.05) is 26.0 Å². The lowest BCUT2D eigenvalue weighted by atomic mass is 9.99. The van der Waals surface area contributed by atoms with Crippen LogP contribution in [0.15, 0.2) is 24.3 Å². The third-order valence-electron chi connectivity index (χ3n) is 4.27. The predicted octanol–water partition coefficient (Wildman–Crippen LogP) is 3.35. The quantitative estimate of drug-likeness (QED) is 0.707. The van der Waals surface area contributed by atoms with Crippen molar-refractivity contribution < 1.29 is 19.4 Å². The van der Waals surface area contributed by atoms with Gasteiger partial charge >= 0.3 is 5.97 Å². The first-order valence-electron chi connectivity index (χ1n) is 8.15. The van der Waals surface area contributed by atoms with Gasteiger partial charge in [0.2, 0.25) is 0 Å². The zero-order valence-corrected chi connectivity index (χ0v) is 15.0. The molecule has 0 saturated carbocycles. The summed E-state index contributed by atoms with van der Waals surface area (Å²) in [6.07, 6.45) is 0.653. The Bertz CT molecular complexity index is 1020. The molecule has 26 heavy (non-hydrogen) atoms. The number of carboxylic acid groups (broad SMARTS) is 1. The number of hydrogen-bond acceptors (Lipinski definition) is 5. The van der Waals surface area contributed by atoms with Crippen LogP contribution >= 0.6 is 0 Å². The molecule has 0 fully saturated rings. The molecule has 134 valence electrons. The highest BCUT2D eigenvalue weighted by Crippen LogP contribution is 2.37. The van der Waals surface area contributed by atoms with E-state index in [-0.39, 0.29) is 17.3 Å². The number of hydrogen-bond donors (Lipinski definition) is 1. The van der Waals surface area contributed by atoms with Crippen LogP contribution in [0.5, 0.6) is 5.75 Å². The van der Waals surface area contributed by atoms with Crippen molar-refractivity contribution in [3.8, 4) is 16.9 Å². The monoisotopic (exact) mass is 353 g/mol. The van der Waals surface area contributed by atoms with Crippen LogP contribution in [0.25, 0.3) is 16.8 Å². The van der Waals surface area contributed by atoms with Gasteiger partial charge < -0.3 is 9.84 Å². The highest BCUT2D eigenvalue weighted by atomic mass is 16.5. The maximum atomic E-state index is 11.7. The number of benzene rings is 1. The largest absolute Gasteiger partial charge is 0.496 e. The van der Waals surface area contributed by atoms with Crippen LogP contribution in [0.1, 0.15) is 52.0 Å². The van der Waals surface area contributed by atoms with Gasteiger partial charge in [-0.05, 0) is 30.5 Å². The lowest BCUT2D eigenvalue weighted by Gasteiger charge is -2.12. The van der Waals surface area contributed by atoms with Gasteiger partial charge in [0.1, 0.15) is 11.4 Å². The van der Waals surface area contributed by atoms with Crippen LogP contribution in [0.2, 0.25) is 0 Å². The smallest absolute Gasteiger partial charge is 0.354 e. The Balaban J connectivity index is 2.50. The summed E-state index contributed by atoms with van der Waals surface area (Å²) in [5, 5.41) is 13.8. The van der Waals surface area contributed by atoms with Crippen LogP contribution in [0.4, 0.5) is 0 Å².